The van der Waals surface area contributed by atoms with E-state index in [1.807, 2.05) is 0 Å². The van der Waals surface area contributed by atoms with Gasteiger partial charge in [-0.3, -0.25) is 14.6 Å². The van der Waals surface area contributed by atoms with Crippen LogP contribution in [0.2, 0.25) is 0 Å². The first-order valence-corrected chi connectivity index (χ1v) is 6.84. The second-order valence-corrected chi connectivity index (χ2v) is 4.67. The number of rotatable bonds is 6. The number of benzene rings is 1. The standard InChI is InChI=1S/C15H15F2N3O3/c1-9(21)18-8-6-13(22)20-11-4-5-12(23-15(16)17)14-10(11)3-2-7-19-14/h2-5,7,15H,6,8H2,1H3,(H,18,21)(H,20,22). The molecule has 0 aliphatic rings. The van der Waals surface area contributed by atoms with Gasteiger partial charge < -0.3 is 15.4 Å². The summed E-state index contributed by atoms with van der Waals surface area (Å²) < 4.78 is 29.2. The number of ether oxygens (including phenoxy) is 1. The van der Waals surface area contributed by atoms with Crippen LogP contribution in [0.25, 0.3) is 10.9 Å². The number of anilines is 1. The number of halogens is 2. The second-order valence-electron chi connectivity index (χ2n) is 4.67. The molecule has 0 unspecified atom stereocenters. The van der Waals surface area contributed by atoms with Gasteiger partial charge in [0.25, 0.3) is 0 Å². The van der Waals surface area contributed by atoms with Crippen molar-refractivity contribution in [3.63, 3.8) is 0 Å². The molecular formula is C15H15F2N3O3. The average Bonchev–Trinajstić information content (AvgIpc) is 2.49. The molecule has 122 valence electrons. The van der Waals surface area contributed by atoms with Gasteiger partial charge >= 0.3 is 6.61 Å². The minimum Gasteiger partial charge on any atom is -0.432 e. The van der Waals surface area contributed by atoms with Crippen molar-refractivity contribution in [1.29, 1.82) is 0 Å². The van der Waals surface area contributed by atoms with Gasteiger partial charge in [0, 0.05) is 31.5 Å². The van der Waals surface area contributed by atoms with Gasteiger partial charge in [-0.15, -0.1) is 0 Å². The van der Waals surface area contributed by atoms with Crippen LogP contribution in [0.15, 0.2) is 30.5 Å². The Morgan fingerprint density at radius 1 is 1.30 bits per heavy atom. The Morgan fingerprint density at radius 3 is 2.78 bits per heavy atom. The van der Waals surface area contributed by atoms with Gasteiger partial charge in [-0.25, -0.2) is 0 Å². The van der Waals surface area contributed by atoms with Crippen LogP contribution in [0.3, 0.4) is 0 Å². The number of carbonyl (C=O) groups is 2. The summed E-state index contributed by atoms with van der Waals surface area (Å²) in [6.45, 7) is -1.39. The van der Waals surface area contributed by atoms with Gasteiger partial charge in [0.2, 0.25) is 11.8 Å². The minimum atomic E-state index is -2.96. The first-order chi connectivity index (χ1) is 11.0. The topological polar surface area (TPSA) is 80.3 Å². The van der Waals surface area contributed by atoms with Crippen molar-refractivity contribution in [1.82, 2.24) is 10.3 Å². The third kappa shape index (κ3) is 4.60. The van der Waals surface area contributed by atoms with E-state index in [1.54, 1.807) is 12.1 Å². The maximum Gasteiger partial charge on any atom is 0.387 e. The smallest absolute Gasteiger partial charge is 0.387 e. The summed E-state index contributed by atoms with van der Waals surface area (Å²) in [4.78, 5) is 26.6. The first kappa shape index (κ1) is 16.6. The SMILES string of the molecule is CC(=O)NCCC(=O)Nc1ccc(OC(F)F)c2ncccc12. The zero-order valence-electron chi connectivity index (χ0n) is 12.3. The van der Waals surface area contributed by atoms with Crippen molar-refractivity contribution in [2.75, 3.05) is 11.9 Å². The highest BCUT2D eigenvalue weighted by atomic mass is 19.3. The first-order valence-electron chi connectivity index (χ1n) is 6.84. The zero-order chi connectivity index (χ0) is 16.8. The number of aromatic nitrogens is 1. The van der Waals surface area contributed by atoms with E-state index in [1.165, 1.54) is 25.3 Å². The fourth-order valence-corrected chi connectivity index (χ4v) is 2.01. The predicted octanol–water partition coefficient (Wildman–Crippen LogP) is 2.30. The van der Waals surface area contributed by atoms with Crippen LogP contribution in [0.5, 0.6) is 5.75 Å². The van der Waals surface area contributed by atoms with E-state index in [0.717, 1.165) is 0 Å². The van der Waals surface area contributed by atoms with Crippen LogP contribution >= 0.6 is 0 Å². The molecule has 6 nitrogen and oxygen atoms in total. The molecule has 0 aliphatic carbocycles. The fraction of sp³-hybridized carbons (Fsp3) is 0.267. The molecule has 1 heterocycles. The molecule has 0 fully saturated rings. The second kappa shape index (κ2) is 7.48. The number of nitrogens with one attached hydrogen (secondary N) is 2. The molecule has 0 radical (unpaired) electrons. The number of pyridine rings is 1. The van der Waals surface area contributed by atoms with Gasteiger partial charge in [0.1, 0.15) is 5.52 Å². The fourth-order valence-electron chi connectivity index (χ4n) is 2.01. The highest BCUT2D eigenvalue weighted by Gasteiger charge is 2.13. The molecule has 1 aromatic carbocycles. The Kier molecular flexibility index (Phi) is 5.40. The number of alkyl halides is 2. The van der Waals surface area contributed by atoms with Crippen LogP contribution < -0.4 is 15.4 Å². The molecule has 2 amide bonds. The van der Waals surface area contributed by atoms with Crippen molar-refractivity contribution in [2.45, 2.75) is 20.0 Å². The van der Waals surface area contributed by atoms with E-state index >= 15 is 0 Å². The summed E-state index contributed by atoms with van der Waals surface area (Å²) in [5, 5.41) is 5.67. The molecule has 0 saturated heterocycles. The number of fused-ring (bicyclic) bond motifs is 1. The Morgan fingerprint density at radius 2 is 2.09 bits per heavy atom. The van der Waals surface area contributed by atoms with Gasteiger partial charge in [-0.05, 0) is 24.3 Å². The maximum atomic E-state index is 12.4. The maximum absolute atomic E-state index is 12.4. The quantitative estimate of drug-likeness (QED) is 0.855. The molecule has 0 aliphatic heterocycles. The van der Waals surface area contributed by atoms with Gasteiger partial charge in [0.15, 0.2) is 5.75 Å². The number of hydrogen-bond acceptors (Lipinski definition) is 4. The lowest BCUT2D eigenvalue weighted by Gasteiger charge is -2.12. The third-order valence-electron chi connectivity index (χ3n) is 2.95. The Balaban J connectivity index is 2.18. The van der Waals surface area contributed by atoms with E-state index in [4.69, 9.17) is 0 Å². The lowest BCUT2D eigenvalue weighted by molar-refractivity contribution is -0.119. The summed E-state index contributed by atoms with van der Waals surface area (Å²) in [5.41, 5.74) is 0.662. The molecule has 2 rings (SSSR count). The number of carbonyl (C=O) groups excluding carboxylic acids is 2. The summed E-state index contributed by atoms with van der Waals surface area (Å²) in [7, 11) is 0. The molecule has 1 aromatic heterocycles. The largest absolute Gasteiger partial charge is 0.432 e. The molecule has 0 saturated carbocycles. The van der Waals surface area contributed by atoms with E-state index in [9.17, 15) is 18.4 Å². The molecule has 2 N–H and O–H groups in total. The van der Waals surface area contributed by atoms with Crippen LogP contribution in [-0.2, 0) is 9.59 Å². The molecular weight excluding hydrogens is 308 g/mol. The Bertz CT molecular complexity index is 722. The molecule has 23 heavy (non-hydrogen) atoms. The van der Waals surface area contributed by atoms with Crippen LogP contribution in [-0.4, -0.2) is 30.0 Å². The van der Waals surface area contributed by atoms with Crippen molar-refractivity contribution in [3.8, 4) is 5.75 Å². The van der Waals surface area contributed by atoms with Crippen LogP contribution in [0.1, 0.15) is 13.3 Å². The van der Waals surface area contributed by atoms with E-state index in [0.29, 0.717) is 11.1 Å². The predicted molar refractivity (Wildman–Crippen MR) is 80.3 cm³/mol. The number of nitrogens with zero attached hydrogens (tertiary/aromatic N) is 1. The van der Waals surface area contributed by atoms with Crippen LogP contribution in [0, 0.1) is 0 Å². The van der Waals surface area contributed by atoms with E-state index in [-0.39, 0.29) is 36.0 Å². The molecule has 8 heteroatoms. The van der Waals surface area contributed by atoms with E-state index in [2.05, 4.69) is 20.4 Å². The van der Waals surface area contributed by atoms with E-state index < -0.39 is 6.61 Å². The van der Waals surface area contributed by atoms with Crippen LogP contribution in [0.4, 0.5) is 14.5 Å². The van der Waals surface area contributed by atoms with Gasteiger partial charge in [-0.1, -0.05) is 0 Å². The molecule has 0 bridgehead atoms. The molecule has 2 aromatic rings. The molecule has 0 atom stereocenters. The lowest BCUT2D eigenvalue weighted by Crippen LogP contribution is -2.25. The lowest BCUT2D eigenvalue weighted by atomic mass is 10.1. The average molecular weight is 323 g/mol. The highest BCUT2D eigenvalue weighted by molar-refractivity contribution is 6.02. The summed E-state index contributed by atoms with van der Waals surface area (Å²) >= 11 is 0. The summed E-state index contributed by atoms with van der Waals surface area (Å²) in [6, 6.07) is 6.06. The normalized spacial score (nSPS) is 10.6. The summed E-state index contributed by atoms with van der Waals surface area (Å²) in [6.07, 6.45) is 1.54. The monoisotopic (exact) mass is 323 g/mol. The van der Waals surface area contributed by atoms with Crippen molar-refractivity contribution < 1.29 is 23.1 Å². The Labute approximate surface area is 130 Å². The number of hydrogen-bond donors (Lipinski definition) is 2. The highest BCUT2D eigenvalue weighted by Crippen LogP contribution is 2.30. The van der Waals surface area contributed by atoms with Crippen molar-refractivity contribution in [2.24, 2.45) is 0 Å². The summed E-state index contributed by atoms with van der Waals surface area (Å²) in [5.74, 6) is -0.598. The van der Waals surface area contributed by atoms with Crippen molar-refractivity contribution in [3.05, 3.63) is 30.5 Å². The third-order valence-corrected chi connectivity index (χ3v) is 2.95. The van der Waals surface area contributed by atoms with Gasteiger partial charge in [-0.2, -0.15) is 8.78 Å². The molecule has 0 spiro atoms. The zero-order valence-corrected chi connectivity index (χ0v) is 12.3. The number of amides is 2. The van der Waals surface area contributed by atoms with Gasteiger partial charge in [0.05, 0.1) is 5.69 Å². The minimum absolute atomic E-state index is 0.0631. The Hall–Kier alpha value is -2.77. The van der Waals surface area contributed by atoms with Crippen molar-refractivity contribution >= 4 is 28.4 Å².